The monoisotopic (exact) mass is 456 g/mol. The van der Waals surface area contributed by atoms with Crippen molar-refractivity contribution in [2.45, 2.75) is 39.5 Å². The van der Waals surface area contributed by atoms with Crippen LogP contribution in [-0.2, 0) is 5.72 Å². The highest BCUT2D eigenvalue weighted by Gasteiger charge is 2.56. The fourth-order valence-corrected chi connectivity index (χ4v) is 4.12. The molecule has 0 aliphatic carbocycles. The molecule has 6 heteroatoms. The number of urea groups is 1. The third kappa shape index (κ3) is 4.16. The first-order chi connectivity index (χ1) is 14.8. The van der Waals surface area contributed by atoms with E-state index in [9.17, 15) is 9.90 Å². The van der Waals surface area contributed by atoms with Gasteiger partial charge in [-0.3, -0.25) is 9.80 Å². The molecule has 0 bridgehead atoms. The van der Waals surface area contributed by atoms with Crippen LogP contribution in [0.5, 0.6) is 0 Å². The summed E-state index contributed by atoms with van der Waals surface area (Å²) in [7, 11) is 0. The predicted molar refractivity (Wildman–Crippen MR) is 129 cm³/mol. The number of benzene rings is 3. The number of hydrogen-bond donors (Lipinski definition) is 1. The van der Waals surface area contributed by atoms with Crippen LogP contribution in [-0.4, -0.2) is 17.2 Å². The molecule has 4 rings (SSSR count). The van der Waals surface area contributed by atoms with Crippen molar-refractivity contribution in [1.82, 2.24) is 0 Å². The Morgan fingerprint density at radius 3 is 1.90 bits per heavy atom. The molecule has 1 fully saturated rings. The highest BCUT2D eigenvalue weighted by atomic mass is 35.5. The van der Waals surface area contributed by atoms with Crippen molar-refractivity contribution in [2.75, 3.05) is 9.80 Å². The molecule has 3 aromatic rings. The molecule has 4 nitrogen and oxygen atoms in total. The number of aliphatic hydroxyl groups is 1. The second kappa shape index (κ2) is 9.31. The van der Waals surface area contributed by atoms with Crippen molar-refractivity contribution in [3.8, 4) is 0 Å². The van der Waals surface area contributed by atoms with Gasteiger partial charge >= 0.3 is 6.03 Å². The van der Waals surface area contributed by atoms with Gasteiger partial charge in [-0.1, -0.05) is 66.9 Å². The van der Waals surface area contributed by atoms with Gasteiger partial charge in [0.1, 0.15) is 0 Å². The molecule has 162 valence electrons. The summed E-state index contributed by atoms with van der Waals surface area (Å²) in [6, 6.07) is 20.6. The first-order valence-corrected chi connectivity index (χ1v) is 11.0. The maximum atomic E-state index is 13.6. The fourth-order valence-electron chi connectivity index (χ4n) is 3.86. The van der Waals surface area contributed by atoms with Crippen LogP contribution >= 0.6 is 23.2 Å². The lowest BCUT2D eigenvalue weighted by molar-refractivity contribution is 0.0371. The van der Waals surface area contributed by atoms with Gasteiger partial charge in [0.15, 0.2) is 5.72 Å². The highest BCUT2D eigenvalue weighted by molar-refractivity contribution is 6.31. The summed E-state index contributed by atoms with van der Waals surface area (Å²) >= 11 is 12.1. The van der Waals surface area contributed by atoms with Gasteiger partial charge in [-0.05, 0) is 62.4 Å². The molecule has 1 saturated heterocycles. The first-order valence-electron chi connectivity index (χ1n) is 10.3. The Labute approximate surface area is 193 Å². The third-order valence-electron chi connectivity index (χ3n) is 5.34. The molecule has 0 radical (unpaired) electrons. The first kappa shape index (κ1) is 23.1. The maximum Gasteiger partial charge on any atom is 0.332 e. The Balaban J connectivity index is 0.00000132. The number of nitrogens with zero attached hydrogens (tertiary/aromatic N) is 2. The summed E-state index contributed by atoms with van der Waals surface area (Å²) in [5.41, 5.74) is 1.29. The molecule has 1 aliphatic rings. The minimum atomic E-state index is -1.57. The number of carbonyl (C=O) groups excluding carboxylic acids is 1. The zero-order chi connectivity index (χ0) is 22.8. The standard InChI is InChI=1S/C23H20Cl2N2O2.C2H6/c1-15-4-3-5-17(14-15)23(29)16(2)26(20-10-6-18(24)7-11-20)22(28)27(23)21-12-8-19(25)9-13-21;1-2/h3-14,16,29H,1-2H3;1-2H3. The van der Waals surface area contributed by atoms with E-state index in [0.717, 1.165) is 5.56 Å². The molecule has 0 aromatic heterocycles. The van der Waals surface area contributed by atoms with Crippen LogP contribution in [0.1, 0.15) is 31.9 Å². The lowest BCUT2D eigenvalue weighted by Gasteiger charge is -2.36. The van der Waals surface area contributed by atoms with Gasteiger partial charge in [0.2, 0.25) is 0 Å². The van der Waals surface area contributed by atoms with Crippen LogP contribution < -0.4 is 9.80 Å². The number of rotatable bonds is 3. The molecule has 0 saturated carbocycles. The number of hydrogen-bond acceptors (Lipinski definition) is 2. The van der Waals surface area contributed by atoms with Crippen LogP contribution in [0, 0.1) is 6.92 Å². The Kier molecular flexibility index (Phi) is 6.95. The molecule has 0 spiro atoms. The number of anilines is 2. The van der Waals surface area contributed by atoms with Crippen molar-refractivity contribution < 1.29 is 9.90 Å². The Bertz CT molecular complexity index is 1050. The second-order valence-electron chi connectivity index (χ2n) is 7.21. The topological polar surface area (TPSA) is 43.8 Å². The third-order valence-corrected chi connectivity index (χ3v) is 5.84. The van der Waals surface area contributed by atoms with Gasteiger partial charge in [-0.2, -0.15) is 0 Å². The van der Waals surface area contributed by atoms with Gasteiger partial charge in [0.25, 0.3) is 0 Å². The van der Waals surface area contributed by atoms with Crippen molar-refractivity contribution in [3.05, 3.63) is 94.0 Å². The largest absolute Gasteiger partial charge is 0.365 e. The highest BCUT2D eigenvalue weighted by Crippen LogP contribution is 2.44. The van der Waals surface area contributed by atoms with Crippen molar-refractivity contribution in [2.24, 2.45) is 0 Å². The molecule has 2 atom stereocenters. The molecule has 2 unspecified atom stereocenters. The SMILES string of the molecule is CC.Cc1cccc(C2(O)C(C)N(c3ccc(Cl)cc3)C(=O)N2c2ccc(Cl)cc2)c1. The Hall–Kier alpha value is -2.53. The van der Waals surface area contributed by atoms with Crippen LogP contribution in [0.2, 0.25) is 10.0 Å². The summed E-state index contributed by atoms with van der Waals surface area (Å²) < 4.78 is 0. The van der Waals surface area contributed by atoms with Crippen LogP contribution in [0.15, 0.2) is 72.8 Å². The quantitative estimate of drug-likeness (QED) is 0.460. The van der Waals surface area contributed by atoms with E-state index in [0.29, 0.717) is 27.0 Å². The van der Waals surface area contributed by atoms with Crippen LogP contribution in [0.3, 0.4) is 0 Å². The van der Waals surface area contributed by atoms with Gasteiger partial charge in [0.05, 0.1) is 6.04 Å². The average molecular weight is 457 g/mol. The minimum Gasteiger partial charge on any atom is -0.365 e. The minimum absolute atomic E-state index is 0.328. The predicted octanol–water partition coefficient (Wildman–Crippen LogP) is 7.01. The van der Waals surface area contributed by atoms with Crippen molar-refractivity contribution in [1.29, 1.82) is 0 Å². The number of carbonyl (C=O) groups is 1. The smallest absolute Gasteiger partial charge is 0.332 e. The van der Waals surface area contributed by atoms with E-state index in [1.54, 1.807) is 53.4 Å². The maximum absolute atomic E-state index is 13.6. The van der Waals surface area contributed by atoms with E-state index < -0.39 is 11.8 Å². The number of aryl methyl sites for hydroxylation is 1. The van der Waals surface area contributed by atoms with E-state index in [2.05, 4.69) is 0 Å². The molecular formula is C25H26Cl2N2O2. The Morgan fingerprint density at radius 2 is 1.39 bits per heavy atom. The molecule has 1 N–H and O–H groups in total. The summed E-state index contributed by atoms with van der Waals surface area (Å²) in [5.74, 6) is 0. The molecular weight excluding hydrogens is 431 g/mol. The fraction of sp³-hybridized carbons (Fsp3) is 0.240. The van der Waals surface area contributed by atoms with Crippen LogP contribution in [0.25, 0.3) is 0 Å². The van der Waals surface area contributed by atoms with E-state index in [-0.39, 0.29) is 6.03 Å². The average Bonchev–Trinajstić information content (AvgIpc) is 2.97. The number of amides is 2. The summed E-state index contributed by atoms with van der Waals surface area (Å²) in [4.78, 5) is 16.6. The molecule has 1 heterocycles. The zero-order valence-corrected chi connectivity index (χ0v) is 19.5. The summed E-state index contributed by atoms with van der Waals surface area (Å²) in [6.45, 7) is 7.79. The normalized spacial score (nSPS) is 20.5. The summed E-state index contributed by atoms with van der Waals surface area (Å²) in [5, 5.41) is 13.1. The van der Waals surface area contributed by atoms with E-state index in [1.165, 1.54) is 4.90 Å². The Morgan fingerprint density at radius 1 is 0.871 bits per heavy atom. The zero-order valence-electron chi connectivity index (χ0n) is 18.0. The lowest BCUT2D eigenvalue weighted by Crippen LogP contribution is -2.48. The molecule has 31 heavy (non-hydrogen) atoms. The second-order valence-corrected chi connectivity index (χ2v) is 8.09. The summed E-state index contributed by atoms with van der Waals surface area (Å²) in [6.07, 6.45) is 0. The van der Waals surface area contributed by atoms with Crippen LogP contribution in [0.4, 0.5) is 16.2 Å². The molecule has 3 aromatic carbocycles. The van der Waals surface area contributed by atoms with Gasteiger partial charge in [-0.25, -0.2) is 4.79 Å². The van der Waals surface area contributed by atoms with Crippen molar-refractivity contribution >= 4 is 40.6 Å². The van der Waals surface area contributed by atoms with Gasteiger partial charge in [0, 0.05) is 27.0 Å². The van der Waals surface area contributed by atoms with Crippen molar-refractivity contribution in [3.63, 3.8) is 0 Å². The van der Waals surface area contributed by atoms with E-state index in [1.807, 2.05) is 52.0 Å². The molecule has 1 aliphatic heterocycles. The van der Waals surface area contributed by atoms with Gasteiger partial charge < -0.3 is 5.11 Å². The van der Waals surface area contributed by atoms with E-state index >= 15 is 0 Å². The molecule has 2 amide bonds. The lowest BCUT2D eigenvalue weighted by atomic mass is 9.93. The van der Waals surface area contributed by atoms with E-state index in [4.69, 9.17) is 23.2 Å². The van der Waals surface area contributed by atoms with Gasteiger partial charge in [-0.15, -0.1) is 0 Å². The number of halogens is 2.